The minimum Gasteiger partial charge on any atom is -0.240 e. The van der Waals surface area contributed by atoms with Gasteiger partial charge in [-0.2, -0.15) is 0 Å². The molecule has 0 fully saturated rings. The van der Waals surface area contributed by atoms with Crippen molar-refractivity contribution in [2.24, 2.45) is 0 Å². The predicted octanol–water partition coefficient (Wildman–Crippen LogP) is 2.96. The van der Waals surface area contributed by atoms with Gasteiger partial charge >= 0.3 is 0 Å². The summed E-state index contributed by atoms with van der Waals surface area (Å²) in [6.45, 7) is 1.98. The van der Waals surface area contributed by atoms with Gasteiger partial charge in [0, 0.05) is 10.9 Å². The number of halogens is 1. The molecule has 0 amide bonds. The highest BCUT2D eigenvalue weighted by Crippen LogP contribution is 2.12. The summed E-state index contributed by atoms with van der Waals surface area (Å²) < 4.78 is 1.09. The van der Waals surface area contributed by atoms with E-state index >= 15 is 0 Å². The fourth-order valence-corrected chi connectivity index (χ4v) is 1.42. The van der Waals surface area contributed by atoms with Gasteiger partial charge in [-0.1, -0.05) is 28.1 Å². The van der Waals surface area contributed by atoms with Gasteiger partial charge in [-0.05, 0) is 24.6 Å². The Morgan fingerprint density at radius 3 is 2.46 bits per heavy atom. The van der Waals surface area contributed by atoms with Crippen molar-refractivity contribution >= 4 is 15.9 Å². The standard InChI is InChI=1S/C10H13BrO2/c1-8(13-12-2)7-9-3-5-10(11)6-4-9/h3-6,8H,7H2,1-2H3. The average Bonchev–Trinajstić information content (AvgIpc) is 2.09. The van der Waals surface area contributed by atoms with Crippen LogP contribution in [0.4, 0.5) is 0 Å². The first kappa shape index (κ1) is 10.7. The summed E-state index contributed by atoms with van der Waals surface area (Å²) in [5, 5.41) is 0. The number of benzene rings is 1. The summed E-state index contributed by atoms with van der Waals surface area (Å²) in [5.41, 5.74) is 1.24. The molecule has 0 N–H and O–H groups in total. The Kier molecular flexibility index (Phi) is 4.42. The van der Waals surface area contributed by atoms with E-state index in [0.29, 0.717) is 0 Å². The largest absolute Gasteiger partial charge is 0.240 e. The van der Waals surface area contributed by atoms with Gasteiger partial charge in [-0.25, -0.2) is 9.78 Å². The second kappa shape index (κ2) is 5.37. The van der Waals surface area contributed by atoms with Crippen LogP contribution in [0, 0.1) is 0 Å². The molecule has 1 atom stereocenters. The normalized spacial score (nSPS) is 12.8. The van der Waals surface area contributed by atoms with Crippen molar-refractivity contribution in [2.75, 3.05) is 7.11 Å². The molecule has 0 heterocycles. The Bertz CT molecular complexity index is 246. The molecule has 0 spiro atoms. The molecule has 3 heteroatoms. The van der Waals surface area contributed by atoms with Crippen molar-refractivity contribution in [3.05, 3.63) is 34.3 Å². The van der Waals surface area contributed by atoms with E-state index in [1.165, 1.54) is 12.7 Å². The SMILES string of the molecule is COOC(C)Cc1ccc(Br)cc1. The van der Waals surface area contributed by atoms with Crippen LogP contribution in [0.3, 0.4) is 0 Å². The zero-order valence-electron chi connectivity index (χ0n) is 7.79. The van der Waals surface area contributed by atoms with Gasteiger partial charge < -0.3 is 0 Å². The molecule has 72 valence electrons. The van der Waals surface area contributed by atoms with Gasteiger partial charge in [0.2, 0.25) is 0 Å². The minimum atomic E-state index is 0.0891. The molecule has 0 aliphatic carbocycles. The molecule has 2 nitrogen and oxygen atoms in total. The lowest BCUT2D eigenvalue weighted by molar-refractivity contribution is -0.300. The summed E-state index contributed by atoms with van der Waals surface area (Å²) in [6, 6.07) is 8.18. The molecular formula is C10H13BrO2. The van der Waals surface area contributed by atoms with Crippen molar-refractivity contribution in [2.45, 2.75) is 19.4 Å². The molecule has 0 aliphatic heterocycles. The van der Waals surface area contributed by atoms with Crippen molar-refractivity contribution in [3.63, 3.8) is 0 Å². The predicted molar refractivity (Wildman–Crippen MR) is 55.4 cm³/mol. The molecule has 0 radical (unpaired) electrons. The van der Waals surface area contributed by atoms with Crippen LogP contribution in [0.25, 0.3) is 0 Å². The molecule has 1 unspecified atom stereocenters. The molecule has 1 aromatic rings. The van der Waals surface area contributed by atoms with Crippen molar-refractivity contribution in [3.8, 4) is 0 Å². The number of hydrogen-bond donors (Lipinski definition) is 0. The quantitative estimate of drug-likeness (QED) is 0.599. The molecule has 0 aromatic heterocycles. The van der Waals surface area contributed by atoms with Gasteiger partial charge in [0.05, 0.1) is 13.2 Å². The average molecular weight is 245 g/mol. The zero-order valence-corrected chi connectivity index (χ0v) is 9.37. The fraction of sp³-hybridized carbons (Fsp3) is 0.400. The Balaban J connectivity index is 2.49. The van der Waals surface area contributed by atoms with Gasteiger partial charge in [0.15, 0.2) is 0 Å². The van der Waals surface area contributed by atoms with E-state index in [0.717, 1.165) is 10.9 Å². The molecule has 0 saturated carbocycles. The first-order valence-corrected chi connectivity index (χ1v) is 4.95. The lowest BCUT2D eigenvalue weighted by Gasteiger charge is -2.09. The third kappa shape index (κ3) is 3.89. The Morgan fingerprint density at radius 2 is 1.92 bits per heavy atom. The van der Waals surface area contributed by atoms with Crippen LogP contribution in [0.2, 0.25) is 0 Å². The smallest absolute Gasteiger partial charge is 0.0941 e. The molecule has 0 saturated heterocycles. The van der Waals surface area contributed by atoms with E-state index < -0.39 is 0 Å². The lowest BCUT2D eigenvalue weighted by Crippen LogP contribution is -2.10. The minimum absolute atomic E-state index is 0.0891. The third-order valence-corrected chi connectivity index (χ3v) is 2.23. The fourth-order valence-electron chi connectivity index (χ4n) is 1.15. The highest BCUT2D eigenvalue weighted by atomic mass is 79.9. The van der Waals surface area contributed by atoms with E-state index in [1.54, 1.807) is 0 Å². The second-order valence-corrected chi connectivity index (χ2v) is 3.82. The lowest BCUT2D eigenvalue weighted by atomic mass is 10.1. The first-order valence-electron chi connectivity index (χ1n) is 4.16. The van der Waals surface area contributed by atoms with Gasteiger partial charge in [-0.15, -0.1) is 0 Å². The van der Waals surface area contributed by atoms with E-state index in [9.17, 15) is 0 Å². The number of hydrogen-bond acceptors (Lipinski definition) is 2. The first-order chi connectivity index (χ1) is 6.22. The van der Waals surface area contributed by atoms with Crippen molar-refractivity contribution in [1.82, 2.24) is 0 Å². The van der Waals surface area contributed by atoms with Crippen LogP contribution >= 0.6 is 15.9 Å². The Hall–Kier alpha value is -0.380. The molecule has 0 bridgehead atoms. The summed E-state index contributed by atoms with van der Waals surface area (Å²) >= 11 is 3.39. The molecule has 1 rings (SSSR count). The topological polar surface area (TPSA) is 18.5 Å². The van der Waals surface area contributed by atoms with Crippen LogP contribution in [0.1, 0.15) is 12.5 Å². The van der Waals surface area contributed by atoms with Gasteiger partial charge in [-0.3, -0.25) is 0 Å². The van der Waals surface area contributed by atoms with E-state index in [4.69, 9.17) is 4.89 Å². The van der Waals surface area contributed by atoms with Crippen LogP contribution in [-0.4, -0.2) is 13.2 Å². The third-order valence-electron chi connectivity index (χ3n) is 1.70. The monoisotopic (exact) mass is 244 g/mol. The molecular weight excluding hydrogens is 232 g/mol. The summed E-state index contributed by atoms with van der Waals surface area (Å²) in [4.78, 5) is 9.55. The molecule has 1 aromatic carbocycles. The second-order valence-electron chi connectivity index (χ2n) is 2.90. The van der Waals surface area contributed by atoms with E-state index in [-0.39, 0.29) is 6.10 Å². The summed E-state index contributed by atoms with van der Waals surface area (Å²) in [6.07, 6.45) is 0.951. The molecule has 13 heavy (non-hydrogen) atoms. The van der Waals surface area contributed by atoms with Crippen molar-refractivity contribution < 1.29 is 9.78 Å². The van der Waals surface area contributed by atoms with Gasteiger partial charge in [0.25, 0.3) is 0 Å². The van der Waals surface area contributed by atoms with Crippen LogP contribution < -0.4 is 0 Å². The number of rotatable bonds is 4. The maximum Gasteiger partial charge on any atom is 0.0941 e. The highest BCUT2D eigenvalue weighted by Gasteiger charge is 2.03. The molecule has 0 aliphatic rings. The van der Waals surface area contributed by atoms with Crippen LogP contribution in [0.5, 0.6) is 0 Å². The van der Waals surface area contributed by atoms with E-state index in [1.807, 2.05) is 19.1 Å². The maximum atomic E-state index is 4.96. The van der Waals surface area contributed by atoms with E-state index in [2.05, 4.69) is 33.0 Å². The van der Waals surface area contributed by atoms with Crippen molar-refractivity contribution in [1.29, 1.82) is 0 Å². The summed E-state index contributed by atoms with van der Waals surface area (Å²) in [7, 11) is 1.53. The maximum absolute atomic E-state index is 4.96. The van der Waals surface area contributed by atoms with Crippen LogP contribution in [0.15, 0.2) is 28.7 Å². The van der Waals surface area contributed by atoms with Gasteiger partial charge in [0.1, 0.15) is 0 Å². The zero-order chi connectivity index (χ0) is 9.68. The van der Waals surface area contributed by atoms with Crippen LogP contribution in [-0.2, 0) is 16.2 Å². The Labute approximate surface area is 86.9 Å². The summed E-state index contributed by atoms with van der Waals surface area (Å²) in [5.74, 6) is 0. The Morgan fingerprint density at radius 1 is 1.31 bits per heavy atom. The highest BCUT2D eigenvalue weighted by molar-refractivity contribution is 9.10.